The van der Waals surface area contributed by atoms with Crippen LogP contribution in [0.1, 0.15) is 83.0 Å². The number of hydroxylamine groups is 2. The van der Waals surface area contributed by atoms with Crippen molar-refractivity contribution in [2.24, 2.45) is 11.8 Å². The third kappa shape index (κ3) is 8.23. The molecule has 1 N–H and O–H groups in total. The van der Waals surface area contributed by atoms with Crippen LogP contribution in [0.5, 0.6) is 0 Å². The van der Waals surface area contributed by atoms with E-state index in [1.54, 1.807) is 74.4 Å². The van der Waals surface area contributed by atoms with Crippen LogP contribution in [0.15, 0.2) is 24.3 Å². The molecule has 7 aliphatic rings. The van der Waals surface area contributed by atoms with Crippen molar-refractivity contribution in [1.29, 1.82) is 0 Å². The Hall–Kier alpha value is -3.71. The summed E-state index contributed by atoms with van der Waals surface area (Å²) in [5.41, 5.74) is 1.62. The minimum Gasteiger partial charge on any atom is -0.458 e. The Balaban J connectivity index is 0.913. The van der Waals surface area contributed by atoms with Crippen LogP contribution in [0.3, 0.4) is 0 Å². The highest BCUT2D eigenvalue weighted by atomic mass is 16.9. The van der Waals surface area contributed by atoms with Crippen LogP contribution in [0.4, 0.5) is 0 Å². The number of esters is 2. The van der Waals surface area contributed by atoms with Crippen molar-refractivity contribution < 1.29 is 90.6 Å². The average Bonchev–Trinajstić information content (AvgIpc) is 3.96. The van der Waals surface area contributed by atoms with Gasteiger partial charge in [-0.25, -0.2) is 14.4 Å². The van der Waals surface area contributed by atoms with Crippen LogP contribution >= 0.6 is 0 Å². The first-order valence-electron chi connectivity index (χ1n) is 19.3. The number of ether oxygens (including phenoxy) is 11. The zero-order valence-electron chi connectivity index (χ0n) is 33.9. The zero-order valence-corrected chi connectivity index (χ0v) is 33.9. The molecule has 12 atom stereocenters. The number of fused-ring (bicyclic) bond motifs is 4. The van der Waals surface area contributed by atoms with E-state index in [2.05, 4.69) is 5.64 Å². The summed E-state index contributed by atoms with van der Waals surface area (Å²) >= 11 is 0. The van der Waals surface area contributed by atoms with Crippen LogP contribution in [0.2, 0.25) is 0 Å². The van der Waals surface area contributed by atoms with Gasteiger partial charge in [0, 0.05) is 0 Å². The van der Waals surface area contributed by atoms with Crippen molar-refractivity contribution in [3.8, 4) is 0 Å². The predicted molar refractivity (Wildman–Crippen MR) is 187 cm³/mol. The topological polar surface area (TPSA) is 230 Å². The summed E-state index contributed by atoms with van der Waals surface area (Å²) in [5, 5.41) is 0.627. The monoisotopic (exact) mass is 836 g/mol. The molecule has 0 radical (unpaired) electrons. The largest absolute Gasteiger partial charge is 0.458 e. The lowest BCUT2D eigenvalue weighted by molar-refractivity contribution is -0.241. The van der Waals surface area contributed by atoms with Crippen molar-refractivity contribution in [3.63, 3.8) is 0 Å². The summed E-state index contributed by atoms with van der Waals surface area (Å²) in [4.78, 5) is 82.9. The Morgan fingerprint density at radius 3 is 1.68 bits per heavy atom. The molecule has 1 aromatic rings. The molecule has 0 bridgehead atoms. The first-order chi connectivity index (χ1) is 27.6. The van der Waals surface area contributed by atoms with Gasteiger partial charge in [-0.3, -0.25) is 19.3 Å². The average molecular weight is 837 g/mol. The van der Waals surface area contributed by atoms with Gasteiger partial charge in [0.05, 0.1) is 36.2 Å². The second kappa shape index (κ2) is 15.0. The second-order valence-electron chi connectivity index (χ2n) is 17.4. The number of amides is 2. The standard InChI is InChI=1S/C38H48N2O19/c1-35(2,3)55-30(44)25-24(26-34(51-25)58-38(8,9)54-26)48-29(43)20-18(22-32(49-20)56-36(4,5)52-22)14-46-39-59-31(45)21-19(23-33(50-21)57-37(6,7)53-23)15-47-40-27(41)16-12-10-11-13-17(16)28(40)42/h10-13,18-26,32-34,39H,14-15H2,1-9H3/t18-,19-,20+,21+,22-,23-,24-,25+,26-,32-,33-,34-/m1/s1. The van der Waals surface area contributed by atoms with Gasteiger partial charge < -0.3 is 56.9 Å². The zero-order chi connectivity index (χ0) is 42.4. The molecule has 6 fully saturated rings. The van der Waals surface area contributed by atoms with E-state index in [1.807, 2.05) is 0 Å². The van der Waals surface area contributed by atoms with Crippen LogP contribution in [-0.4, -0.2) is 133 Å². The summed E-state index contributed by atoms with van der Waals surface area (Å²) in [6.07, 6.45) is -11.1. The second-order valence-corrected chi connectivity index (χ2v) is 17.4. The van der Waals surface area contributed by atoms with E-state index in [1.165, 1.54) is 12.1 Å². The lowest BCUT2D eigenvalue weighted by atomic mass is 9.99. The first-order valence-corrected chi connectivity index (χ1v) is 19.3. The van der Waals surface area contributed by atoms with E-state index in [-0.39, 0.29) is 24.3 Å². The van der Waals surface area contributed by atoms with E-state index in [9.17, 15) is 24.0 Å². The number of nitrogens with zero attached hydrogens (tertiary/aromatic N) is 1. The molecule has 59 heavy (non-hydrogen) atoms. The molecular formula is C38H48N2O19. The summed E-state index contributed by atoms with van der Waals surface area (Å²) < 4.78 is 64.7. The molecule has 1 aromatic carbocycles. The minimum atomic E-state index is -1.38. The first kappa shape index (κ1) is 42.0. The van der Waals surface area contributed by atoms with Gasteiger partial charge >= 0.3 is 17.9 Å². The Labute approximate surface area is 338 Å². The summed E-state index contributed by atoms with van der Waals surface area (Å²) in [5.74, 6) is -9.09. The van der Waals surface area contributed by atoms with Crippen LogP contribution in [0.25, 0.3) is 0 Å². The molecule has 8 rings (SSSR count). The van der Waals surface area contributed by atoms with Crippen LogP contribution < -0.4 is 5.64 Å². The van der Waals surface area contributed by atoms with Gasteiger partial charge in [-0.1, -0.05) is 12.1 Å². The highest BCUT2D eigenvalue weighted by Crippen LogP contribution is 2.44. The van der Waals surface area contributed by atoms with Gasteiger partial charge in [0.25, 0.3) is 11.8 Å². The number of nitrogens with one attached hydrogen (secondary N) is 1. The smallest absolute Gasteiger partial charge is 0.356 e. The van der Waals surface area contributed by atoms with E-state index in [0.717, 1.165) is 0 Å². The van der Waals surface area contributed by atoms with Crippen LogP contribution in [-0.2, 0) is 81.0 Å². The number of carbonyl (C=O) groups excluding carboxylic acids is 5. The molecule has 7 aliphatic heterocycles. The molecule has 0 aromatic heterocycles. The van der Waals surface area contributed by atoms with Gasteiger partial charge in [0.1, 0.15) is 17.8 Å². The van der Waals surface area contributed by atoms with Gasteiger partial charge in [-0.05, 0) is 80.1 Å². The maximum absolute atomic E-state index is 13.9. The molecule has 0 spiro atoms. The van der Waals surface area contributed by atoms with E-state index in [0.29, 0.717) is 5.06 Å². The molecule has 7 heterocycles. The van der Waals surface area contributed by atoms with Crippen molar-refractivity contribution >= 4 is 29.7 Å². The number of imide groups is 1. The number of carbonyl (C=O) groups is 5. The van der Waals surface area contributed by atoms with Crippen molar-refractivity contribution in [2.75, 3.05) is 13.2 Å². The fourth-order valence-electron chi connectivity index (χ4n) is 8.03. The summed E-state index contributed by atoms with van der Waals surface area (Å²) in [7, 11) is 0. The number of hydrogen-bond donors (Lipinski definition) is 1. The fourth-order valence-corrected chi connectivity index (χ4v) is 8.03. The Bertz CT molecular complexity index is 1830. The van der Waals surface area contributed by atoms with Crippen LogP contribution in [0, 0.1) is 11.8 Å². The third-order valence-electron chi connectivity index (χ3n) is 10.3. The summed E-state index contributed by atoms with van der Waals surface area (Å²) in [6.45, 7) is 14.3. The fraction of sp³-hybridized carbons (Fsp3) is 0.711. The third-order valence-corrected chi connectivity index (χ3v) is 10.3. The molecule has 21 nitrogen and oxygen atoms in total. The maximum Gasteiger partial charge on any atom is 0.356 e. The highest BCUT2D eigenvalue weighted by molar-refractivity contribution is 6.20. The highest BCUT2D eigenvalue weighted by Gasteiger charge is 2.63. The number of hydrogen-bond acceptors (Lipinski definition) is 20. The summed E-state index contributed by atoms with van der Waals surface area (Å²) in [6, 6.07) is 6.26. The lowest BCUT2D eigenvalue weighted by Crippen LogP contribution is -2.47. The molecular weight excluding hydrogens is 788 g/mol. The normalized spacial score (nSPS) is 37.3. The minimum absolute atomic E-state index is 0.178. The van der Waals surface area contributed by atoms with Gasteiger partial charge in [0.2, 0.25) is 0 Å². The SMILES string of the molecule is CC(C)(C)OC(=O)[C@H]1O[C@@H]2OC(C)(C)O[C@@H]2[C@@H]1OC(=O)[C@H]1O[C@@H]2OC(C)(C)O[C@@H]2[C@@H]1CONOC(=O)[C@H]1O[C@@H]2OC(C)(C)O[C@@H]2[C@@H]1CON1C(=O)c2ccccc2C1=O. The Morgan fingerprint density at radius 1 is 0.661 bits per heavy atom. The predicted octanol–water partition coefficient (Wildman–Crippen LogP) is 1.31. The lowest BCUT2D eigenvalue weighted by Gasteiger charge is -2.29. The van der Waals surface area contributed by atoms with Crippen molar-refractivity contribution in [1.82, 2.24) is 10.7 Å². The van der Waals surface area contributed by atoms with Crippen molar-refractivity contribution in [2.45, 2.75) is 147 Å². The Morgan fingerprint density at radius 2 is 1.14 bits per heavy atom. The molecule has 2 amide bonds. The number of benzene rings is 1. The molecule has 21 heteroatoms. The van der Waals surface area contributed by atoms with E-state index >= 15 is 0 Å². The van der Waals surface area contributed by atoms with Crippen molar-refractivity contribution in [3.05, 3.63) is 35.4 Å². The van der Waals surface area contributed by atoms with E-state index in [4.69, 9.17) is 66.6 Å². The molecule has 0 unspecified atom stereocenters. The van der Waals surface area contributed by atoms with Gasteiger partial charge in [-0.2, -0.15) is 0 Å². The Kier molecular flexibility index (Phi) is 10.7. The molecule has 324 valence electrons. The molecule has 0 aliphatic carbocycles. The quantitative estimate of drug-likeness (QED) is 0.109. The van der Waals surface area contributed by atoms with Gasteiger partial charge in [0.15, 0.2) is 66.8 Å². The van der Waals surface area contributed by atoms with E-state index < -0.39 is 126 Å². The molecule has 0 saturated carbocycles. The van der Waals surface area contributed by atoms with Gasteiger partial charge in [-0.15, -0.1) is 5.06 Å². The maximum atomic E-state index is 13.9. The molecule has 6 saturated heterocycles. The number of rotatable bonds is 11.